The molecule has 6 nitrogen and oxygen atoms in total. The van der Waals surface area contributed by atoms with E-state index in [1.54, 1.807) is 6.92 Å². The number of hydrogen-bond donors (Lipinski definition) is 2. The standard InChI is InChI=1S/C10H22N2O4S/c1-4-5-8-12(3)17(15,16)11-9(2)6-7-10(13)14/h9,11H,4-8H2,1-3H3,(H,13,14). The van der Waals surface area contributed by atoms with E-state index in [1.165, 1.54) is 11.4 Å². The summed E-state index contributed by atoms with van der Waals surface area (Å²) < 4.78 is 27.2. The second-order valence-electron chi connectivity index (χ2n) is 4.13. The summed E-state index contributed by atoms with van der Waals surface area (Å²) in [6.45, 7) is 4.12. The van der Waals surface area contributed by atoms with Gasteiger partial charge in [0.05, 0.1) is 0 Å². The largest absolute Gasteiger partial charge is 0.481 e. The topological polar surface area (TPSA) is 86.7 Å². The smallest absolute Gasteiger partial charge is 0.303 e. The Kier molecular flexibility index (Phi) is 7.33. The molecule has 0 fully saturated rings. The first kappa shape index (κ1) is 16.3. The number of carboxylic acid groups (broad SMARTS) is 1. The number of unbranched alkanes of at least 4 members (excludes halogenated alkanes) is 1. The molecule has 17 heavy (non-hydrogen) atoms. The summed E-state index contributed by atoms with van der Waals surface area (Å²) in [5.74, 6) is -0.921. The fourth-order valence-electron chi connectivity index (χ4n) is 1.24. The quantitative estimate of drug-likeness (QED) is 0.646. The minimum absolute atomic E-state index is 0.0393. The fraction of sp³-hybridized carbons (Fsp3) is 0.900. The monoisotopic (exact) mass is 266 g/mol. The average Bonchev–Trinajstić information content (AvgIpc) is 2.22. The molecule has 0 radical (unpaired) electrons. The van der Waals surface area contributed by atoms with E-state index in [0.717, 1.165) is 12.8 Å². The van der Waals surface area contributed by atoms with Gasteiger partial charge in [-0.2, -0.15) is 17.4 Å². The van der Waals surface area contributed by atoms with Crippen molar-refractivity contribution >= 4 is 16.2 Å². The summed E-state index contributed by atoms with van der Waals surface area (Å²) in [6, 6.07) is -0.375. The van der Waals surface area contributed by atoms with Crippen LogP contribution in [0.4, 0.5) is 0 Å². The molecule has 0 aliphatic rings. The van der Waals surface area contributed by atoms with Gasteiger partial charge in [0.2, 0.25) is 0 Å². The van der Waals surface area contributed by atoms with Crippen molar-refractivity contribution < 1.29 is 18.3 Å². The first-order chi connectivity index (χ1) is 7.79. The maximum atomic E-state index is 11.8. The first-order valence-electron chi connectivity index (χ1n) is 5.75. The second kappa shape index (κ2) is 7.62. The molecule has 7 heteroatoms. The molecule has 0 bridgehead atoms. The van der Waals surface area contributed by atoms with Crippen LogP contribution in [0.5, 0.6) is 0 Å². The van der Waals surface area contributed by atoms with Crippen molar-refractivity contribution in [2.24, 2.45) is 0 Å². The molecule has 1 atom stereocenters. The zero-order valence-electron chi connectivity index (χ0n) is 10.6. The predicted molar refractivity (Wildman–Crippen MR) is 65.9 cm³/mol. The van der Waals surface area contributed by atoms with Crippen LogP contribution < -0.4 is 4.72 Å². The van der Waals surface area contributed by atoms with Crippen LogP contribution in [0.2, 0.25) is 0 Å². The molecule has 2 N–H and O–H groups in total. The zero-order valence-corrected chi connectivity index (χ0v) is 11.5. The third kappa shape index (κ3) is 7.30. The molecule has 102 valence electrons. The van der Waals surface area contributed by atoms with E-state index in [1.807, 2.05) is 6.92 Å². The van der Waals surface area contributed by atoms with Crippen LogP contribution in [-0.4, -0.2) is 43.4 Å². The van der Waals surface area contributed by atoms with E-state index >= 15 is 0 Å². The third-order valence-electron chi connectivity index (χ3n) is 2.38. The molecule has 0 aliphatic heterocycles. The number of rotatable bonds is 9. The lowest BCUT2D eigenvalue weighted by Gasteiger charge is -2.20. The van der Waals surface area contributed by atoms with Gasteiger partial charge in [-0.05, 0) is 19.8 Å². The number of carbonyl (C=O) groups is 1. The molecule has 0 spiro atoms. The lowest BCUT2D eigenvalue weighted by atomic mass is 10.2. The van der Waals surface area contributed by atoms with Crippen molar-refractivity contribution in [1.29, 1.82) is 0 Å². The van der Waals surface area contributed by atoms with Crippen LogP contribution >= 0.6 is 0 Å². The van der Waals surface area contributed by atoms with Crippen LogP contribution in [0.25, 0.3) is 0 Å². The van der Waals surface area contributed by atoms with Gasteiger partial charge >= 0.3 is 5.97 Å². The van der Waals surface area contributed by atoms with Gasteiger partial charge in [-0.25, -0.2) is 0 Å². The molecule has 0 aromatic rings. The van der Waals surface area contributed by atoms with Crippen molar-refractivity contribution in [3.05, 3.63) is 0 Å². The number of nitrogens with one attached hydrogen (secondary N) is 1. The van der Waals surface area contributed by atoms with Gasteiger partial charge in [-0.15, -0.1) is 0 Å². The van der Waals surface area contributed by atoms with Gasteiger partial charge in [-0.3, -0.25) is 4.79 Å². The Morgan fingerprint density at radius 1 is 1.47 bits per heavy atom. The molecule has 0 aliphatic carbocycles. The van der Waals surface area contributed by atoms with E-state index < -0.39 is 16.2 Å². The Labute approximate surface area is 103 Å². The van der Waals surface area contributed by atoms with E-state index in [0.29, 0.717) is 6.54 Å². The van der Waals surface area contributed by atoms with Gasteiger partial charge in [0.1, 0.15) is 0 Å². The van der Waals surface area contributed by atoms with Gasteiger partial charge in [0, 0.05) is 26.1 Å². The molecule has 0 aromatic heterocycles. The normalized spacial score (nSPS) is 13.9. The summed E-state index contributed by atoms with van der Waals surface area (Å²) in [4.78, 5) is 10.4. The lowest BCUT2D eigenvalue weighted by Crippen LogP contribution is -2.43. The van der Waals surface area contributed by atoms with Crippen molar-refractivity contribution in [3.63, 3.8) is 0 Å². The van der Waals surface area contributed by atoms with Crippen LogP contribution in [-0.2, 0) is 15.0 Å². The lowest BCUT2D eigenvalue weighted by molar-refractivity contribution is -0.137. The van der Waals surface area contributed by atoms with E-state index in [4.69, 9.17) is 5.11 Å². The first-order valence-corrected chi connectivity index (χ1v) is 7.19. The van der Waals surface area contributed by atoms with E-state index in [-0.39, 0.29) is 18.9 Å². The van der Waals surface area contributed by atoms with Crippen molar-refractivity contribution in [1.82, 2.24) is 9.03 Å². The van der Waals surface area contributed by atoms with Gasteiger partial charge in [0.25, 0.3) is 10.2 Å². The van der Waals surface area contributed by atoms with Gasteiger partial charge in [0.15, 0.2) is 0 Å². The van der Waals surface area contributed by atoms with E-state index in [2.05, 4.69) is 4.72 Å². The molecule has 0 saturated carbocycles. The van der Waals surface area contributed by atoms with Crippen molar-refractivity contribution in [2.75, 3.05) is 13.6 Å². The number of aliphatic carboxylic acids is 1. The molecule has 0 rings (SSSR count). The Balaban J connectivity index is 4.19. The number of carboxylic acids is 1. The summed E-state index contributed by atoms with van der Waals surface area (Å²) in [6.07, 6.45) is 1.98. The highest BCUT2D eigenvalue weighted by atomic mass is 32.2. The summed E-state index contributed by atoms with van der Waals surface area (Å²) in [5.41, 5.74) is 0. The molecule has 1 unspecified atom stereocenters. The summed E-state index contributed by atoms with van der Waals surface area (Å²) in [5, 5.41) is 8.50. The molecule has 0 aromatic carbocycles. The highest BCUT2D eigenvalue weighted by Crippen LogP contribution is 2.03. The highest BCUT2D eigenvalue weighted by molar-refractivity contribution is 7.87. The molecule has 0 saturated heterocycles. The average molecular weight is 266 g/mol. The maximum absolute atomic E-state index is 11.8. The Morgan fingerprint density at radius 2 is 2.06 bits per heavy atom. The molecule has 0 amide bonds. The highest BCUT2D eigenvalue weighted by Gasteiger charge is 2.19. The SMILES string of the molecule is CCCCN(C)S(=O)(=O)NC(C)CCC(=O)O. The summed E-state index contributed by atoms with van der Waals surface area (Å²) in [7, 11) is -1.97. The minimum Gasteiger partial charge on any atom is -0.481 e. The van der Waals surface area contributed by atoms with E-state index in [9.17, 15) is 13.2 Å². The Morgan fingerprint density at radius 3 is 2.53 bits per heavy atom. The second-order valence-corrected chi connectivity index (χ2v) is 5.94. The third-order valence-corrected chi connectivity index (χ3v) is 4.08. The maximum Gasteiger partial charge on any atom is 0.303 e. The predicted octanol–water partition coefficient (Wildman–Crippen LogP) is 0.806. The number of hydrogen-bond acceptors (Lipinski definition) is 3. The van der Waals surface area contributed by atoms with Crippen molar-refractivity contribution in [3.8, 4) is 0 Å². The minimum atomic E-state index is -3.49. The zero-order chi connectivity index (χ0) is 13.5. The molecule has 0 heterocycles. The summed E-state index contributed by atoms with van der Waals surface area (Å²) >= 11 is 0. The fourth-order valence-corrected chi connectivity index (χ4v) is 2.42. The van der Waals surface area contributed by atoms with Crippen LogP contribution in [0.1, 0.15) is 39.5 Å². The Bertz CT molecular complexity index is 329. The Hall–Kier alpha value is -0.660. The van der Waals surface area contributed by atoms with Gasteiger partial charge < -0.3 is 5.11 Å². The van der Waals surface area contributed by atoms with Crippen LogP contribution in [0, 0.1) is 0 Å². The molecular formula is C10H22N2O4S. The van der Waals surface area contributed by atoms with Gasteiger partial charge in [-0.1, -0.05) is 13.3 Å². The van der Waals surface area contributed by atoms with Crippen LogP contribution in [0.3, 0.4) is 0 Å². The van der Waals surface area contributed by atoms with Crippen molar-refractivity contribution in [2.45, 2.75) is 45.6 Å². The number of nitrogens with zero attached hydrogens (tertiary/aromatic N) is 1. The van der Waals surface area contributed by atoms with Crippen LogP contribution in [0.15, 0.2) is 0 Å². The molecular weight excluding hydrogens is 244 g/mol.